The molecule has 4 nitrogen and oxygen atoms in total. The maximum atomic E-state index is 5.92. The van der Waals surface area contributed by atoms with Gasteiger partial charge in [0, 0.05) is 18.3 Å². The molecule has 1 N–H and O–H groups in total. The van der Waals surface area contributed by atoms with E-state index in [9.17, 15) is 0 Å². The minimum Gasteiger partial charge on any atom is -0.438 e. The molecule has 2 aromatic rings. The zero-order valence-corrected chi connectivity index (χ0v) is 11.8. The predicted molar refractivity (Wildman–Crippen MR) is 76.9 cm³/mol. The van der Waals surface area contributed by atoms with E-state index in [1.807, 2.05) is 39.8 Å². The lowest BCUT2D eigenvalue weighted by Gasteiger charge is -2.11. The summed E-state index contributed by atoms with van der Waals surface area (Å²) in [7, 11) is 0. The van der Waals surface area contributed by atoms with Crippen LogP contribution in [0, 0.1) is 20.8 Å². The lowest BCUT2D eigenvalue weighted by atomic mass is 10.1. The van der Waals surface area contributed by atoms with Crippen molar-refractivity contribution in [2.45, 2.75) is 27.7 Å². The number of rotatable bonds is 4. The molecule has 4 heteroatoms. The average molecular weight is 257 g/mol. The molecular weight excluding hydrogens is 238 g/mol. The van der Waals surface area contributed by atoms with Gasteiger partial charge in [0.15, 0.2) is 0 Å². The smallest absolute Gasteiger partial charge is 0.226 e. The molecule has 0 fully saturated rings. The number of hydrogen-bond donors (Lipinski definition) is 1. The minimum atomic E-state index is 0.591. The Kier molecular flexibility index (Phi) is 4.00. The molecule has 0 saturated heterocycles. The number of aromatic nitrogens is 2. The standard InChI is InChI=1S/C15H19N3O/c1-5-16-15-17-9-12(4)14(18-15)19-13-8-10(2)6-7-11(13)3/h6-9H,5H2,1-4H3,(H,16,17,18). The van der Waals surface area contributed by atoms with Crippen molar-refractivity contribution in [2.24, 2.45) is 0 Å². The molecule has 0 aliphatic carbocycles. The van der Waals surface area contributed by atoms with Gasteiger partial charge in [-0.25, -0.2) is 4.98 Å². The largest absolute Gasteiger partial charge is 0.438 e. The van der Waals surface area contributed by atoms with Crippen LogP contribution in [0.3, 0.4) is 0 Å². The Balaban J connectivity index is 2.31. The van der Waals surface area contributed by atoms with E-state index in [1.165, 1.54) is 5.56 Å². The molecule has 19 heavy (non-hydrogen) atoms. The highest BCUT2D eigenvalue weighted by Crippen LogP contribution is 2.27. The first-order valence-corrected chi connectivity index (χ1v) is 6.42. The van der Waals surface area contributed by atoms with Gasteiger partial charge in [-0.15, -0.1) is 0 Å². The highest BCUT2D eigenvalue weighted by Gasteiger charge is 2.08. The third-order valence-electron chi connectivity index (χ3n) is 2.81. The first kappa shape index (κ1) is 13.3. The van der Waals surface area contributed by atoms with Crippen LogP contribution in [0.5, 0.6) is 11.6 Å². The average Bonchev–Trinajstić information content (AvgIpc) is 2.38. The van der Waals surface area contributed by atoms with E-state index in [1.54, 1.807) is 6.20 Å². The molecule has 0 amide bonds. The fraction of sp³-hybridized carbons (Fsp3) is 0.333. The molecule has 1 aromatic heterocycles. The third-order valence-corrected chi connectivity index (χ3v) is 2.81. The summed E-state index contributed by atoms with van der Waals surface area (Å²) in [6.45, 7) is 8.80. The van der Waals surface area contributed by atoms with Crippen molar-refractivity contribution in [3.63, 3.8) is 0 Å². The Morgan fingerprint density at radius 2 is 1.95 bits per heavy atom. The molecule has 0 bridgehead atoms. The molecule has 0 radical (unpaired) electrons. The summed E-state index contributed by atoms with van der Waals surface area (Å²) in [6.07, 6.45) is 1.77. The highest BCUT2D eigenvalue weighted by molar-refractivity contribution is 5.41. The van der Waals surface area contributed by atoms with E-state index in [0.29, 0.717) is 11.8 Å². The number of aryl methyl sites for hydroxylation is 3. The van der Waals surface area contributed by atoms with Crippen molar-refractivity contribution in [3.05, 3.63) is 41.1 Å². The number of hydrogen-bond acceptors (Lipinski definition) is 4. The number of ether oxygens (including phenoxy) is 1. The normalized spacial score (nSPS) is 10.3. The van der Waals surface area contributed by atoms with Gasteiger partial charge in [0.25, 0.3) is 0 Å². The van der Waals surface area contributed by atoms with E-state index in [0.717, 1.165) is 23.4 Å². The molecule has 0 spiro atoms. The number of anilines is 1. The number of nitrogens with zero attached hydrogens (tertiary/aromatic N) is 2. The Morgan fingerprint density at radius 3 is 2.68 bits per heavy atom. The second-order valence-corrected chi connectivity index (χ2v) is 4.58. The van der Waals surface area contributed by atoms with Gasteiger partial charge in [0.1, 0.15) is 5.75 Å². The van der Waals surface area contributed by atoms with E-state index >= 15 is 0 Å². The molecule has 100 valence electrons. The highest BCUT2D eigenvalue weighted by atomic mass is 16.5. The van der Waals surface area contributed by atoms with Crippen molar-refractivity contribution < 1.29 is 4.74 Å². The first-order valence-electron chi connectivity index (χ1n) is 6.42. The summed E-state index contributed by atoms with van der Waals surface area (Å²) in [5.74, 6) is 2.03. The van der Waals surface area contributed by atoms with Crippen molar-refractivity contribution in [3.8, 4) is 11.6 Å². The zero-order chi connectivity index (χ0) is 13.8. The second-order valence-electron chi connectivity index (χ2n) is 4.58. The summed E-state index contributed by atoms with van der Waals surface area (Å²) in [6, 6.07) is 6.13. The molecule has 0 aliphatic rings. The van der Waals surface area contributed by atoms with E-state index in [4.69, 9.17) is 4.74 Å². The summed E-state index contributed by atoms with van der Waals surface area (Å²) in [5, 5.41) is 3.08. The van der Waals surface area contributed by atoms with Crippen molar-refractivity contribution in [2.75, 3.05) is 11.9 Å². The van der Waals surface area contributed by atoms with Crippen LogP contribution in [0.4, 0.5) is 5.95 Å². The molecule has 0 unspecified atom stereocenters. The lowest BCUT2D eigenvalue weighted by molar-refractivity contribution is 0.454. The zero-order valence-electron chi connectivity index (χ0n) is 11.8. The van der Waals surface area contributed by atoms with E-state index in [-0.39, 0.29) is 0 Å². The minimum absolute atomic E-state index is 0.591. The Labute approximate surface area is 113 Å². The molecule has 0 atom stereocenters. The Bertz CT molecular complexity index is 582. The summed E-state index contributed by atoms with van der Waals surface area (Å²) in [4.78, 5) is 8.59. The van der Waals surface area contributed by atoms with Gasteiger partial charge in [-0.3, -0.25) is 0 Å². The maximum Gasteiger partial charge on any atom is 0.226 e. The molecule has 0 saturated carbocycles. The van der Waals surface area contributed by atoms with Gasteiger partial charge < -0.3 is 10.1 Å². The van der Waals surface area contributed by atoms with Crippen LogP contribution in [-0.2, 0) is 0 Å². The van der Waals surface area contributed by atoms with Gasteiger partial charge in [0.05, 0.1) is 0 Å². The van der Waals surface area contributed by atoms with E-state index < -0.39 is 0 Å². The Morgan fingerprint density at radius 1 is 1.16 bits per heavy atom. The van der Waals surface area contributed by atoms with Crippen LogP contribution in [0.15, 0.2) is 24.4 Å². The topological polar surface area (TPSA) is 47.0 Å². The van der Waals surface area contributed by atoms with Crippen LogP contribution >= 0.6 is 0 Å². The van der Waals surface area contributed by atoms with Crippen LogP contribution in [0.25, 0.3) is 0 Å². The molecule has 1 heterocycles. The molecule has 1 aromatic carbocycles. The monoisotopic (exact) mass is 257 g/mol. The first-order chi connectivity index (χ1) is 9.10. The van der Waals surface area contributed by atoms with Crippen molar-refractivity contribution in [1.82, 2.24) is 9.97 Å². The number of nitrogens with one attached hydrogen (secondary N) is 1. The molecule has 0 aliphatic heterocycles. The summed E-state index contributed by atoms with van der Waals surface area (Å²) >= 11 is 0. The van der Waals surface area contributed by atoms with Gasteiger partial charge in [-0.05, 0) is 44.9 Å². The van der Waals surface area contributed by atoms with Gasteiger partial charge >= 0.3 is 0 Å². The summed E-state index contributed by atoms with van der Waals surface area (Å²) < 4.78 is 5.92. The van der Waals surface area contributed by atoms with Gasteiger partial charge in [-0.2, -0.15) is 4.98 Å². The van der Waals surface area contributed by atoms with Crippen molar-refractivity contribution in [1.29, 1.82) is 0 Å². The van der Waals surface area contributed by atoms with Crippen LogP contribution in [0.2, 0.25) is 0 Å². The van der Waals surface area contributed by atoms with E-state index in [2.05, 4.69) is 21.4 Å². The second kappa shape index (κ2) is 5.69. The van der Waals surface area contributed by atoms with Crippen molar-refractivity contribution >= 4 is 5.95 Å². The SMILES string of the molecule is CCNc1ncc(C)c(Oc2cc(C)ccc2C)n1. The molecular formula is C15H19N3O. The fourth-order valence-corrected chi connectivity index (χ4v) is 1.69. The third kappa shape index (κ3) is 3.22. The molecule has 2 rings (SSSR count). The van der Waals surface area contributed by atoms with Gasteiger partial charge in [-0.1, -0.05) is 12.1 Å². The Hall–Kier alpha value is -2.10. The van der Waals surface area contributed by atoms with Crippen LogP contribution in [0.1, 0.15) is 23.6 Å². The fourth-order valence-electron chi connectivity index (χ4n) is 1.69. The quantitative estimate of drug-likeness (QED) is 0.908. The van der Waals surface area contributed by atoms with Crippen LogP contribution in [-0.4, -0.2) is 16.5 Å². The predicted octanol–water partition coefficient (Wildman–Crippen LogP) is 3.63. The number of benzene rings is 1. The van der Waals surface area contributed by atoms with Crippen LogP contribution < -0.4 is 10.1 Å². The van der Waals surface area contributed by atoms with Gasteiger partial charge in [0.2, 0.25) is 11.8 Å². The maximum absolute atomic E-state index is 5.92. The summed E-state index contributed by atoms with van der Waals surface area (Å²) in [5.41, 5.74) is 3.18. The lowest BCUT2D eigenvalue weighted by Crippen LogP contribution is -2.04.